The van der Waals surface area contributed by atoms with Crippen LogP contribution >= 0.6 is 46.4 Å². The van der Waals surface area contributed by atoms with E-state index in [4.69, 9.17) is 46.4 Å². The van der Waals surface area contributed by atoms with Gasteiger partial charge >= 0.3 is 11.9 Å². The number of esters is 2. The summed E-state index contributed by atoms with van der Waals surface area (Å²) in [5.74, 6) is -1.32. The summed E-state index contributed by atoms with van der Waals surface area (Å²) in [5.41, 5.74) is 2.66. The first kappa shape index (κ1) is 37.2. The van der Waals surface area contributed by atoms with E-state index in [0.717, 1.165) is 11.1 Å². The number of carbonyl (C=O) groups excluding carboxylic acids is 2. The number of ether oxygens (including phenoxy) is 2. The van der Waals surface area contributed by atoms with Crippen LogP contribution in [0.3, 0.4) is 0 Å². The van der Waals surface area contributed by atoms with Crippen molar-refractivity contribution in [1.82, 2.24) is 9.97 Å². The van der Waals surface area contributed by atoms with Crippen LogP contribution in [0.2, 0.25) is 20.1 Å². The number of nitrogens with zero attached hydrogens (tertiary/aromatic N) is 2. The van der Waals surface area contributed by atoms with E-state index in [1.54, 1.807) is 48.5 Å². The number of aliphatic hydroxyl groups excluding tert-OH is 2. The van der Waals surface area contributed by atoms with Gasteiger partial charge < -0.3 is 19.7 Å². The molecule has 2 N–H and O–H groups in total. The zero-order chi connectivity index (χ0) is 33.6. The van der Waals surface area contributed by atoms with E-state index in [1.165, 1.54) is 26.6 Å². The average molecular weight is 708 g/mol. The molecule has 0 radical (unpaired) electrons. The summed E-state index contributed by atoms with van der Waals surface area (Å²) in [6.45, 7) is 0. The van der Waals surface area contributed by atoms with Gasteiger partial charge in [-0.1, -0.05) is 70.7 Å². The molecule has 0 fully saturated rings. The van der Waals surface area contributed by atoms with E-state index in [-0.39, 0.29) is 36.6 Å². The first-order valence-corrected chi connectivity index (χ1v) is 15.8. The first-order chi connectivity index (χ1) is 22.0. The fourth-order valence-electron chi connectivity index (χ4n) is 4.78. The zero-order valence-corrected chi connectivity index (χ0v) is 28.2. The van der Waals surface area contributed by atoms with Crippen molar-refractivity contribution in [3.63, 3.8) is 0 Å². The van der Waals surface area contributed by atoms with Gasteiger partial charge in [-0.05, 0) is 72.5 Å². The predicted octanol–water partition coefficient (Wildman–Crippen LogP) is 8.32. The normalized spacial score (nSPS) is 13.4. The van der Waals surface area contributed by atoms with Crippen LogP contribution in [0.1, 0.15) is 72.2 Å². The summed E-state index contributed by atoms with van der Waals surface area (Å²) < 4.78 is 9.36. The number of hydrogen-bond donors (Lipinski definition) is 2. The maximum absolute atomic E-state index is 11.5. The molecule has 0 saturated carbocycles. The lowest BCUT2D eigenvalue weighted by molar-refractivity contribution is -0.141. The highest BCUT2D eigenvalue weighted by molar-refractivity contribution is 6.31. The van der Waals surface area contributed by atoms with Gasteiger partial charge in [-0.3, -0.25) is 19.6 Å². The molecule has 0 aliphatic heterocycles. The summed E-state index contributed by atoms with van der Waals surface area (Å²) in [5, 5.41) is 23.5. The highest BCUT2D eigenvalue weighted by Gasteiger charge is 2.26. The lowest BCUT2D eigenvalue weighted by atomic mass is 9.87. The molecule has 2 aromatic heterocycles. The maximum Gasteiger partial charge on any atom is 0.305 e. The SMILES string of the molecule is COC(=O)CC[C@@H](c1cccc(Cl)c1)[C@H](O)c1ccc(Cl)cn1.COC(=O)CC[C@H](c1cccc(Cl)c1)[C@@H](O)c1ccc(Cl)cn1. The highest BCUT2D eigenvalue weighted by Crippen LogP contribution is 2.36. The summed E-state index contributed by atoms with van der Waals surface area (Å²) in [6, 6.07) is 21.1. The van der Waals surface area contributed by atoms with Crippen LogP contribution in [-0.4, -0.2) is 46.3 Å². The molecular formula is C34H34Cl4N2O6. The second-order valence-electron chi connectivity index (χ2n) is 10.2. The number of aromatic nitrogens is 2. The molecule has 4 atom stereocenters. The Labute approximate surface area is 288 Å². The summed E-state index contributed by atoms with van der Waals surface area (Å²) in [7, 11) is 2.68. The van der Waals surface area contributed by atoms with E-state index in [2.05, 4.69) is 19.4 Å². The Kier molecular flexibility index (Phi) is 15.2. The second-order valence-corrected chi connectivity index (χ2v) is 12.0. The molecule has 12 heteroatoms. The van der Waals surface area contributed by atoms with Crippen LogP contribution in [0.15, 0.2) is 85.2 Å². The standard InChI is InChI=1S/2C17H17Cl2NO3/c2*1-23-16(21)8-6-14(11-3-2-4-12(18)9-11)17(22)15-7-5-13(19)10-20-15/h2*2-5,7,9-10,14,17,22H,6,8H2,1H3/t2*14-,17-/m10/s1. The van der Waals surface area contributed by atoms with Crippen molar-refractivity contribution in [1.29, 1.82) is 0 Å². The second kappa shape index (κ2) is 18.8. The van der Waals surface area contributed by atoms with Crippen molar-refractivity contribution in [2.24, 2.45) is 0 Å². The summed E-state index contributed by atoms with van der Waals surface area (Å²) >= 11 is 23.8. The van der Waals surface area contributed by atoms with Crippen LogP contribution in [0.4, 0.5) is 0 Å². The van der Waals surface area contributed by atoms with Crippen LogP contribution in [0, 0.1) is 0 Å². The highest BCUT2D eigenvalue weighted by atomic mass is 35.5. The Hall–Kier alpha value is -3.24. The summed E-state index contributed by atoms with van der Waals surface area (Å²) in [6.07, 6.45) is 2.42. The molecule has 244 valence electrons. The third-order valence-corrected chi connectivity index (χ3v) is 8.11. The fraction of sp³-hybridized carbons (Fsp3) is 0.294. The molecule has 0 unspecified atom stereocenters. The molecule has 2 aromatic carbocycles. The number of halogens is 4. The van der Waals surface area contributed by atoms with Gasteiger partial charge in [0.1, 0.15) is 12.2 Å². The topological polar surface area (TPSA) is 119 Å². The van der Waals surface area contributed by atoms with Crippen molar-refractivity contribution in [2.75, 3.05) is 14.2 Å². The van der Waals surface area contributed by atoms with Crippen molar-refractivity contribution < 1.29 is 29.3 Å². The minimum absolute atomic E-state index is 0.193. The molecule has 4 aromatic rings. The van der Waals surface area contributed by atoms with Crippen molar-refractivity contribution in [3.8, 4) is 0 Å². The van der Waals surface area contributed by atoms with Crippen molar-refractivity contribution in [2.45, 2.75) is 49.7 Å². The molecule has 0 bridgehead atoms. The molecule has 2 heterocycles. The van der Waals surface area contributed by atoms with Crippen LogP contribution in [0.5, 0.6) is 0 Å². The number of aliphatic hydroxyl groups is 2. The third kappa shape index (κ3) is 11.5. The van der Waals surface area contributed by atoms with E-state index in [0.29, 0.717) is 44.3 Å². The molecule has 4 rings (SSSR count). The van der Waals surface area contributed by atoms with E-state index < -0.39 is 12.2 Å². The molecule has 0 amide bonds. The van der Waals surface area contributed by atoms with E-state index in [9.17, 15) is 19.8 Å². The molecule has 0 spiro atoms. The zero-order valence-electron chi connectivity index (χ0n) is 25.2. The Morgan fingerprint density at radius 2 is 1.02 bits per heavy atom. The number of methoxy groups -OCH3 is 2. The minimum Gasteiger partial charge on any atom is -0.469 e. The Morgan fingerprint density at radius 3 is 1.33 bits per heavy atom. The van der Waals surface area contributed by atoms with Crippen molar-refractivity contribution in [3.05, 3.63) is 128 Å². The molecular weight excluding hydrogens is 674 g/mol. The van der Waals surface area contributed by atoms with Gasteiger partial charge in [-0.15, -0.1) is 0 Å². The lowest BCUT2D eigenvalue weighted by Gasteiger charge is -2.23. The molecule has 0 saturated heterocycles. The van der Waals surface area contributed by atoms with Crippen molar-refractivity contribution >= 4 is 58.3 Å². The average Bonchev–Trinajstić information content (AvgIpc) is 3.05. The molecule has 46 heavy (non-hydrogen) atoms. The fourth-order valence-corrected chi connectivity index (χ4v) is 5.40. The Morgan fingerprint density at radius 1 is 0.630 bits per heavy atom. The number of carbonyl (C=O) groups is 2. The number of hydrogen-bond acceptors (Lipinski definition) is 8. The van der Waals surface area contributed by atoms with Gasteiger partial charge in [0.25, 0.3) is 0 Å². The smallest absolute Gasteiger partial charge is 0.305 e. The van der Waals surface area contributed by atoms with E-state index >= 15 is 0 Å². The van der Waals surface area contributed by atoms with E-state index in [1.807, 2.05) is 24.3 Å². The lowest BCUT2D eigenvalue weighted by Crippen LogP contribution is -2.14. The Balaban J connectivity index is 0.000000250. The first-order valence-electron chi connectivity index (χ1n) is 14.3. The van der Waals surface area contributed by atoms with Crippen LogP contribution in [-0.2, 0) is 19.1 Å². The number of pyridine rings is 2. The largest absolute Gasteiger partial charge is 0.469 e. The van der Waals surface area contributed by atoms with Gasteiger partial charge in [0, 0.05) is 47.1 Å². The third-order valence-electron chi connectivity index (χ3n) is 7.20. The Bertz CT molecular complexity index is 1440. The predicted molar refractivity (Wildman–Crippen MR) is 179 cm³/mol. The van der Waals surface area contributed by atoms with Crippen LogP contribution in [0.25, 0.3) is 0 Å². The van der Waals surface area contributed by atoms with Gasteiger partial charge in [-0.25, -0.2) is 0 Å². The van der Waals surface area contributed by atoms with Gasteiger partial charge in [0.05, 0.1) is 35.7 Å². The van der Waals surface area contributed by atoms with Gasteiger partial charge in [0.15, 0.2) is 0 Å². The molecule has 0 aliphatic carbocycles. The van der Waals surface area contributed by atoms with Gasteiger partial charge in [0.2, 0.25) is 0 Å². The molecule has 0 aliphatic rings. The number of rotatable bonds is 12. The minimum atomic E-state index is -0.879. The maximum atomic E-state index is 11.5. The van der Waals surface area contributed by atoms with Gasteiger partial charge in [-0.2, -0.15) is 0 Å². The number of benzene rings is 2. The van der Waals surface area contributed by atoms with Crippen LogP contribution < -0.4 is 0 Å². The quantitative estimate of drug-likeness (QED) is 0.141. The monoisotopic (exact) mass is 706 g/mol. The summed E-state index contributed by atoms with van der Waals surface area (Å²) in [4.78, 5) is 31.2. The molecule has 8 nitrogen and oxygen atoms in total.